The minimum Gasteiger partial charge on any atom is -0.507 e. The van der Waals surface area contributed by atoms with E-state index in [9.17, 15) is 14.7 Å². The molecule has 0 saturated carbocycles. The molecule has 1 saturated heterocycles. The Morgan fingerprint density at radius 2 is 1.74 bits per heavy atom. The molecule has 2 heterocycles. The first-order valence-corrected chi connectivity index (χ1v) is 12.6. The summed E-state index contributed by atoms with van der Waals surface area (Å²) in [6, 6.07) is 24.8. The van der Waals surface area contributed by atoms with E-state index in [4.69, 9.17) is 9.47 Å². The third kappa shape index (κ3) is 5.38. The van der Waals surface area contributed by atoms with Crippen LogP contribution >= 0.6 is 0 Å². The van der Waals surface area contributed by atoms with E-state index in [1.807, 2.05) is 43.3 Å². The maximum absolute atomic E-state index is 13.3. The molecule has 1 atom stereocenters. The number of aryl methyl sites for hydroxylation is 1. The number of ketones is 1. The fourth-order valence-corrected chi connectivity index (χ4v) is 4.69. The van der Waals surface area contributed by atoms with Gasteiger partial charge in [-0.25, -0.2) is 0 Å². The lowest BCUT2D eigenvalue weighted by Gasteiger charge is -2.25. The zero-order valence-electron chi connectivity index (χ0n) is 21.7. The van der Waals surface area contributed by atoms with E-state index in [1.54, 1.807) is 68.0 Å². The highest BCUT2D eigenvalue weighted by Crippen LogP contribution is 2.41. The number of pyridine rings is 1. The van der Waals surface area contributed by atoms with Crippen molar-refractivity contribution in [2.45, 2.75) is 26.1 Å². The fourth-order valence-electron chi connectivity index (χ4n) is 4.69. The molecule has 1 aliphatic heterocycles. The summed E-state index contributed by atoms with van der Waals surface area (Å²) >= 11 is 0. The monoisotopic (exact) mass is 520 g/mol. The number of benzene rings is 3. The number of ether oxygens (including phenoxy) is 2. The molecule has 0 unspecified atom stereocenters. The molecule has 0 radical (unpaired) electrons. The molecule has 1 fully saturated rings. The molecule has 1 aromatic heterocycles. The summed E-state index contributed by atoms with van der Waals surface area (Å²) in [4.78, 5) is 32.2. The summed E-state index contributed by atoms with van der Waals surface area (Å²) in [6.07, 6.45) is 3.29. The van der Waals surface area contributed by atoms with E-state index in [1.165, 1.54) is 4.90 Å². The molecule has 1 amide bonds. The van der Waals surface area contributed by atoms with E-state index in [0.29, 0.717) is 29.2 Å². The van der Waals surface area contributed by atoms with E-state index in [0.717, 1.165) is 16.7 Å². The third-order valence-electron chi connectivity index (χ3n) is 6.81. The topological polar surface area (TPSA) is 89.0 Å². The van der Waals surface area contributed by atoms with Crippen molar-refractivity contribution < 1.29 is 24.2 Å². The molecule has 7 heteroatoms. The average molecular weight is 521 g/mol. The number of rotatable bonds is 8. The van der Waals surface area contributed by atoms with Gasteiger partial charge in [-0.15, -0.1) is 0 Å². The van der Waals surface area contributed by atoms with Crippen LogP contribution in [0.1, 0.15) is 33.9 Å². The molecule has 4 aromatic rings. The quantitative estimate of drug-likeness (QED) is 0.185. The van der Waals surface area contributed by atoms with Gasteiger partial charge in [0.15, 0.2) is 0 Å². The minimum atomic E-state index is -0.808. The van der Waals surface area contributed by atoms with Gasteiger partial charge < -0.3 is 19.5 Å². The van der Waals surface area contributed by atoms with Crippen LogP contribution in [0.4, 0.5) is 0 Å². The molecule has 3 aromatic carbocycles. The van der Waals surface area contributed by atoms with Crippen molar-refractivity contribution in [1.82, 2.24) is 9.88 Å². The van der Waals surface area contributed by atoms with Crippen molar-refractivity contribution in [1.29, 1.82) is 0 Å². The van der Waals surface area contributed by atoms with Crippen molar-refractivity contribution in [2.24, 2.45) is 0 Å². The van der Waals surface area contributed by atoms with Gasteiger partial charge in [-0.2, -0.15) is 0 Å². The van der Waals surface area contributed by atoms with Crippen LogP contribution in [-0.2, 0) is 22.7 Å². The largest absolute Gasteiger partial charge is 0.507 e. The molecule has 1 aliphatic rings. The van der Waals surface area contributed by atoms with Crippen molar-refractivity contribution in [3.8, 4) is 11.5 Å². The van der Waals surface area contributed by atoms with Gasteiger partial charge in [0.1, 0.15) is 23.9 Å². The number of nitrogens with zero attached hydrogens (tertiary/aromatic N) is 2. The van der Waals surface area contributed by atoms with Crippen LogP contribution in [0.25, 0.3) is 5.76 Å². The van der Waals surface area contributed by atoms with Gasteiger partial charge in [0.25, 0.3) is 11.7 Å². The second-order valence-electron chi connectivity index (χ2n) is 9.30. The normalized spacial score (nSPS) is 16.4. The Morgan fingerprint density at radius 3 is 2.46 bits per heavy atom. The first kappa shape index (κ1) is 25.7. The second kappa shape index (κ2) is 11.2. The number of carbonyl (C=O) groups is 2. The summed E-state index contributed by atoms with van der Waals surface area (Å²) in [7, 11) is 1.55. The maximum Gasteiger partial charge on any atom is 0.295 e. The Labute approximate surface area is 227 Å². The fraction of sp³-hybridized carbons (Fsp3) is 0.156. The van der Waals surface area contributed by atoms with Crippen LogP contribution in [0, 0.1) is 6.92 Å². The molecule has 39 heavy (non-hydrogen) atoms. The Kier molecular flexibility index (Phi) is 7.41. The summed E-state index contributed by atoms with van der Waals surface area (Å²) in [5.74, 6) is -0.485. The SMILES string of the molecule is COc1cccc([C@H]2C(=C(O)c3ccc(OCc4ccccc4C)cc3)C(=O)C(=O)N2Cc2cccnc2)c1. The average Bonchev–Trinajstić information content (AvgIpc) is 3.22. The molecule has 0 aliphatic carbocycles. The highest BCUT2D eigenvalue weighted by atomic mass is 16.5. The highest BCUT2D eigenvalue weighted by molar-refractivity contribution is 6.46. The standard InChI is InChI=1S/C32H28N2O5/c1-21-7-3-4-9-25(21)20-39-26-14-12-23(13-15-26)30(35)28-29(24-10-5-11-27(17-24)38-2)34(32(37)31(28)36)19-22-8-6-16-33-18-22/h3-18,29,35H,19-20H2,1-2H3/t29-/m0/s1. The number of aliphatic hydroxyl groups excluding tert-OH is 1. The maximum atomic E-state index is 13.3. The van der Waals surface area contributed by atoms with Crippen LogP contribution in [0.5, 0.6) is 11.5 Å². The number of hydrogen-bond acceptors (Lipinski definition) is 6. The highest BCUT2D eigenvalue weighted by Gasteiger charge is 2.46. The Bertz CT molecular complexity index is 1530. The molecule has 196 valence electrons. The number of aliphatic hydroxyl groups is 1. The zero-order valence-corrected chi connectivity index (χ0v) is 21.7. The Morgan fingerprint density at radius 1 is 0.949 bits per heavy atom. The molecule has 7 nitrogen and oxygen atoms in total. The number of aromatic nitrogens is 1. The number of methoxy groups -OCH3 is 1. The van der Waals surface area contributed by atoms with Gasteiger partial charge in [-0.3, -0.25) is 14.6 Å². The zero-order chi connectivity index (χ0) is 27.4. The number of hydrogen-bond donors (Lipinski definition) is 1. The molecule has 1 N–H and O–H groups in total. The van der Waals surface area contributed by atoms with Gasteiger partial charge in [0.2, 0.25) is 0 Å². The van der Waals surface area contributed by atoms with Gasteiger partial charge >= 0.3 is 0 Å². The van der Waals surface area contributed by atoms with E-state index in [2.05, 4.69) is 4.98 Å². The Hall–Kier alpha value is -4.91. The Balaban J connectivity index is 1.49. The lowest BCUT2D eigenvalue weighted by molar-refractivity contribution is -0.140. The molecule has 0 spiro atoms. The number of Topliss-reactive ketones (excluding diaryl/α,β-unsaturated/α-hetero) is 1. The molecular formula is C32H28N2O5. The number of amides is 1. The first-order valence-electron chi connectivity index (χ1n) is 12.6. The number of carbonyl (C=O) groups excluding carboxylic acids is 2. The minimum absolute atomic E-state index is 0.0192. The summed E-state index contributed by atoms with van der Waals surface area (Å²) < 4.78 is 11.3. The van der Waals surface area contributed by atoms with Crippen molar-refractivity contribution in [3.63, 3.8) is 0 Å². The second-order valence-corrected chi connectivity index (χ2v) is 9.30. The van der Waals surface area contributed by atoms with Gasteiger partial charge in [-0.05, 0) is 71.6 Å². The van der Waals surface area contributed by atoms with Crippen LogP contribution in [0.2, 0.25) is 0 Å². The van der Waals surface area contributed by atoms with Gasteiger partial charge in [0, 0.05) is 24.5 Å². The van der Waals surface area contributed by atoms with E-state index in [-0.39, 0.29) is 17.9 Å². The predicted octanol–water partition coefficient (Wildman–Crippen LogP) is 5.60. The van der Waals surface area contributed by atoms with E-state index < -0.39 is 17.7 Å². The van der Waals surface area contributed by atoms with Crippen molar-refractivity contribution in [3.05, 3.63) is 131 Å². The molecule has 0 bridgehead atoms. The summed E-state index contributed by atoms with van der Waals surface area (Å²) in [5, 5.41) is 11.4. The van der Waals surface area contributed by atoms with Crippen LogP contribution in [0.3, 0.4) is 0 Å². The summed E-state index contributed by atoms with van der Waals surface area (Å²) in [6.45, 7) is 2.60. The predicted molar refractivity (Wildman–Crippen MR) is 147 cm³/mol. The van der Waals surface area contributed by atoms with Crippen LogP contribution in [0.15, 0.2) is 103 Å². The van der Waals surface area contributed by atoms with Gasteiger partial charge in [-0.1, -0.05) is 42.5 Å². The molecular weight excluding hydrogens is 492 g/mol. The van der Waals surface area contributed by atoms with Crippen molar-refractivity contribution >= 4 is 17.4 Å². The van der Waals surface area contributed by atoms with Gasteiger partial charge in [0.05, 0.1) is 18.7 Å². The lowest BCUT2D eigenvalue weighted by Crippen LogP contribution is -2.29. The first-order chi connectivity index (χ1) is 19.0. The molecule has 5 rings (SSSR count). The lowest BCUT2D eigenvalue weighted by atomic mass is 9.95. The summed E-state index contributed by atoms with van der Waals surface area (Å²) in [5.41, 5.74) is 4.06. The van der Waals surface area contributed by atoms with Crippen LogP contribution in [-0.4, -0.2) is 33.8 Å². The van der Waals surface area contributed by atoms with Crippen LogP contribution < -0.4 is 9.47 Å². The number of likely N-dealkylation sites (tertiary alicyclic amines) is 1. The third-order valence-corrected chi connectivity index (χ3v) is 6.81. The smallest absolute Gasteiger partial charge is 0.295 e. The van der Waals surface area contributed by atoms with Crippen molar-refractivity contribution in [2.75, 3.05) is 7.11 Å². The van der Waals surface area contributed by atoms with E-state index >= 15 is 0 Å².